The van der Waals surface area contributed by atoms with E-state index in [0.29, 0.717) is 0 Å². The molecule has 1 aliphatic rings. The summed E-state index contributed by atoms with van der Waals surface area (Å²) in [6.45, 7) is 0.648. The second-order valence-electron chi connectivity index (χ2n) is 3.80. The van der Waals surface area contributed by atoms with Crippen LogP contribution in [0.4, 0.5) is 0 Å². The Morgan fingerprint density at radius 3 is 2.12 bits per heavy atom. The normalized spacial score (nSPS) is 40.3. The molecule has 5 N–H and O–H groups in total. The number of rotatable bonds is 4. The Balaban J connectivity index is 2.59. The van der Waals surface area contributed by atoms with E-state index in [0.717, 1.165) is 0 Å². The summed E-state index contributed by atoms with van der Waals surface area (Å²) in [7, 11) is 0. The van der Waals surface area contributed by atoms with Crippen molar-refractivity contribution in [2.24, 2.45) is 0 Å². The largest absolute Gasteiger partial charge is 0.394 e. The molecule has 16 heavy (non-hydrogen) atoms. The van der Waals surface area contributed by atoms with Crippen LogP contribution in [-0.2, 0) is 9.47 Å². The fourth-order valence-corrected chi connectivity index (χ4v) is 1.46. The predicted octanol–water partition coefficient (Wildman–Crippen LogP) is -2.82. The number of hydrogen-bond donors (Lipinski definition) is 5. The zero-order valence-electron chi connectivity index (χ0n) is 8.93. The Morgan fingerprint density at radius 1 is 1.06 bits per heavy atom. The number of hydrogen-bond acceptors (Lipinski definition) is 7. The predicted molar refractivity (Wildman–Crippen MR) is 51.4 cm³/mol. The van der Waals surface area contributed by atoms with E-state index in [1.807, 2.05) is 0 Å². The zero-order valence-corrected chi connectivity index (χ0v) is 8.93. The first-order chi connectivity index (χ1) is 7.51. The van der Waals surface area contributed by atoms with Gasteiger partial charge in [0.25, 0.3) is 0 Å². The van der Waals surface area contributed by atoms with Crippen LogP contribution in [0.15, 0.2) is 0 Å². The summed E-state index contributed by atoms with van der Waals surface area (Å²) in [6, 6.07) is 0. The Labute approximate surface area is 92.9 Å². The fourth-order valence-electron chi connectivity index (χ4n) is 1.46. The maximum atomic E-state index is 9.54. The molecule has 0 aliphatic carbocycles. The number of aliphatic hydroxyl groups excluding tert-OH is 5. The molecule has 96 valence electrons. The van der Waals surface area contributed by atoms with Crippen LogP contribution in [0, 0.1) is 0 Å². The van der Waals surface area contributed by atoms with Crippen molar-refractivity contribution >= 4 is 0 Å². The maximum Gasteiger partial charge on any atom is 0.187 e. The number of ether oxygens (including phenoxy) is 2. The van der Waals surface area contributed by atoms with Gasteiger partial charge in [0.05, 0.1) is 19.3 Å². The summed E-state index contributed by atoms with van der Waals surface area (Å²) in [5, 5.41) is 46.0. The molecule has 0 saturated carbocycles. The Hall–Kier alpha value is -0.280. The lowest BCUT2D eigenvalue weighted by Crippen LogP contribution is -2.58. The van der Waals surface area contributed by atoms with E-state index in [-0.39, 0.29) is 0 Å². The monoisotopic (exact) mass is 238 g/mol. The van der Waals surface area contributed by atoms with E-state index in [2.05, 4.69) is 0 Å². The van der Waals surface area contributed by atoms with Gasteiger partial charge >= 0.3 is 0 Å². The van der Waals surface area contributed by atoms with Crippen molar-refractivity contribution < 1.29 is 35.0 Å². The van der Waals surface area contributed by atoms with E-state index < -0.39 is 50.0 Å². The van der Waals surface area contributed by atoms with Crippen molar-refractivity contribution in [3.05, 3.63) is 0 Å². The van der Waals surface area contributed by atoms with Crippen LogP contribution in [0.5, 0.6) is 0 Å². The van der Waals surface area contributed by atoms with Crippen molar-refractivity contribution in [2.45, 2.75) is 43.7 Å². The van der Waals surface area contributed by atoms with Crippen LogP contribution >= 0.6 is 0 Å². The lowest BCUT2D eigenvalue weighted by atomic mass is 10.00. The SMILES string of the molecule is C[C@H]1O[C@H](OC(CO)CO)[C@H](O)[C@@H](O)[C@H]1O. The van der Waals surface area contributed by atoms with Gasteiger partial charge in [-0.15, -0.1) is 0 Å². The second kappa shape index (κ2) is 5.87. The van der Waals surface area contributed by atoms with Crippen LogP contribution in [0.3, 0.4) is 0 Å². The van der Waals surface area contributed by atoms with Crippen LogP contribution in [0.1, 0.15) is 6.92 Å². The highest BCUT2D eigenvalue weighted by Crippen LogP contribution is 2.22. The fraction of sp³-hybridized carbons (Fsp3) is 1.00. The molecule has 7 nitrogen and oxygen atoms in total. The van der Waals surface area contributed by atoms with Gasteiger partial charge in [0.2, 0.25) is 0 Å². The van der Waals surface area contributed by atoms with Gasteiger partial charge in [-0.1, -0.05) is 0 Å². The molecule has 0 unspecified atom stereocenters. The van der Waals surface area contributed by atoms with E-state index in [1.165, 1.54) is 6.92 Å². The zero-order chi connectivity index (χ0) is 12.3. The Bertz CT molecular complexity index is 208. The molecule has 7 heteroatoms. The smallest absolute Gasteiger partial charge is 0.187 e. The Morgan fingerprint density at radius 2 is 1.62 bits per heavy atom. The average Bonchev–Trinajstić information content (AvgIpc) is 2.29. The summed E-state index contributed by atoms with van der Waals surface area (Å²) in [4.78, 5) is 0. The quantitative estimate of drug-likeness (QED) is 0.358. The van der Waals surface area contributed by atoms with Gasteiger partial charge < -0.3 is 35.0 Å². The number of aliphatic hydroxyl groups is 5. The van der Waals surface area contributed by atoms with Crippen molar-refractivity contribution in [2.75, 3.05) is 13.2 Å². The van der Waals surface area contributed by atoms with E-state index in [4.69, 9.17) is 19.7 Å². The van der Waals surface area contributed by atoms with Crippen LogP contribution in [-0.4, -0.2) is 75.6 Å². The lowest BCUT2D eigenvalue weighted by molar-refractivity contribution is -0.308. The van der Waals surface area contributed by atoms with Crippen molar-refractivity contribution in [1.82, 2.24) is 0 Å². The first-order valence-electron chi connectivity index (χ1n) is 5.08. The van der Waals surface area contributed by atoms with Gasteiger partial charge in [0.1, 0.15) is 24.4 Å². The maximum absolute atomic E-state index is 9.54. The van der Waals surface area contributed by atoms with Crippen LogP contribution in [0.2, 0.25) is 0 Å². The highest BCUT2D eigenvalue weighted by Gasteiger charge is 2.43. The molecule has 0 aromatic carbocycles. The topological polar surface area (TPSA) is 120 Å². The van der Waals surface area contributed by atoms with E-state index >= 15 is 0 Å². The third-order valence-corrected chi connectivity index (χ3v) is 2.54. The average molecular weight is 238 g/mol. The summed E-state index contributed by atoms with van der Waals surface area (Å²) >= 11 is 0. The van der Waals surface area contributed by atoms with Gasteiger partial charge in [0.15, 0.2) is 6.29 Å². The lowest BCUT2D eigenvalue weighted by Gasteiger charge is -2.39. The molecule has 0 amide bonds. The minimum Gasteiger partial charge on any atom is -0.394 e. The van der Waals surface area contributed by atoms with Crippen molar-refractivity contribution in [1.29, 1.82) is 0 Å². The molecule has 0 spiro atoms. The first kappa shape index (κ1) is 13.8. The van der Waals surface area contributed by atoms with E-state index in [1.54, 1.807) is 0 Å². The first-order valence-corrected chi connectivity index (χ1v) is 5.08. The molecular weight excluding hydrogens is 220 g/mol. The summed E-state index contributed by atoms with van der Waals surface area (Å²) in [6.07, 6.45) is -6.79. The molecule has 0 aromatic heterocycles. The van der Waals surface area contributed by atoms with Crippen molar-refractivity contribution in [3.8, 4) is 0 Å². The molecule has 1 rings (SSSR count). The summed E-state index contributed by atoms with van der Waals surface area (Å²) in [5.41, 5.74) is 0. The van der Waals surface area contributed by atoms with Gasteiger partial charge in [-0.3, -0.25) is 0 Å². The van der Waals surface area contributed by atoms with Gasteiger partial charge in [-0.2, -0.15) is 0 Å². The highest BCUT2D eigenvalue weighted by molar-refractivity contribution is 4.87. The van der Waals surface area contributed by atoms with Gasteiger partial charge in [-0.25, -0.2) is 0 Å². The van der Waals surface area contributed by atoms with Gasteiger partial charge in [0, 0.05) is 0 Å². The third kappa shape index (κ3) is 2.89. The Kier molecular flexibility index (Phi) is 5.06. The molecule has 1 saturated heterocycles. The molecule has 0 aromatic rings. The van der Waals surface area contributed by atoms with Crippen molar-refractivity contribution in [3.63, 3.8) is 0 Å². The summed E-state index contributed by atoms with van der Waals surface area (Å²) < 4.78 is 10.2. The molecule has 0 bridgehead atoms. The summed E-state index contributed by atoms with van der Waals surface area (Å²) in [5.74, 6) is 0. The minimum atomic E-state index is -1.42. The minimum absolute atomic E-state index is 0.434. The second-order valence-corrected chi connectivity index (χ2v) is 3.80. The molecule has 0 radical (unpaired) electrons. The van der Waals surface area contributed by atoms with Crippen LogP contribution < -0.4 is 0 Å². The highest BCUT2D eigenvalue weighted by atomic mass is 16.7. The van der Waals surface area contributed by atoms with Gasteiger partial charge in [-0.05, 0) is 6.92 Å². The van der Waals surface area contributed by atoms with E-state index in [9.17, 15) is 15.3 Å². The third-order valence-electron chi connectivity index (χ3n) is 2.54. The molecule has 1 aliphatic heterocycles. The molecule has 1 fully saturated rings. The standard InChI is InChI=1S/C9H18O7/c1-4-6(12)7(13)8(14)9(15-4)16-5(2-10)3-11/h4-14H,2-3H2,1H3/t4-,6+,7+,8-,9-/m1/s1. The molecule has 5 atom stereocenters. The van der Waals surface area contributed by atoms with Crippen LogP contribution in [0.25, 0.3) is 0 Å². The molecule has 1 heterocycles. The molecular formula is C9H18O7.